The molecule has 0 amide bonds. The van der Waals surface area contributed by atoms with E-state index in [2.05, 4.69) is 10.1 Å². The van der Waals surface area contributed by atoms with Gasteiger partial charge in [0.05, 0.1) is 11.5 Å². The second-order valence-electron chi connectivity index (χ2n) is 6.62. The topological polar surface area (TPSA) is 90.9 Å². The minimum absolute atomic E-state index is 0.000161. The van der Waals surface area contributed by atoms with Crippen molar-refractivity contribution in [3.8, 4) is 11.4 Å². The zero-order chi connectivity index (χ0) is 19.7. The number of rotatable bonds is 5. The van der Waals surface area contributed by atoms with E-state index in [1.807, 2.05) is 26.8 Å². The van der Waals surface area contributed by atoms with E-state index >= 15 is 0 Å². The number of hydrogen-bond acceptors (Lipinski definition) is 5. The number of benzene rings is 2. The third-order valence-corrected chi connectivity index (χ3v) is 4.65. The zero-order valence-corrected chi connectivity index (χ0v) is 15.7. The van der Waals surface area contributed by atoms with E-state index < -0.39 is 4.92 Å². The third-order valence-electron chi connectivity index (χ3n) is 4.65. The lowest BCUT2D eigenvalue weighted by Gasteiger charge is -2.15. The summed E-state index contributed by atoms with van der Waals surface area (Å²) in [6, 6.07) is 8.25. The highest BCUT2D eigenvalue weighted by atomic mass is 16.6. The molecule has 0 bridgehead atoms. The molecule has 0 aliphatic heterocycles. The first-order valence-corrected chi connectivity index (χ1v) is 8.52. The average Bonchev–Trinajstić information content (AvgIpc) is 3.07. The second kappa shape index (κ2) is 7.11. The number of aryl methyl sites for hydroxylation is 2. The number of ketones is 1. The largest absolute Gasteiger partial charge is 0.294 e. The number of Topliss-reactive ketones (excluding diaryl/α,β-unsaturated/α-hetero) is 1. The molecule has 7 heteroatoms. The van der Waals surface area contributed by atoms with Gasteiger partial charge in [0, 0.05) is 23.3 Å². The summed E-state index contributed by atoms with van der Waals surface area (Å²) in [7, 11) is 0. The highest BCUT2D eigenvalue weighted by Gasteiger charge is 2.16. The van der Waals surface area contributed by atoms with Crippen molar-refractivity contribution in [2.45, 2.75) is 34.2 Å². The van der Waals surface area contributed by atoms with Gasteiger partial charge in [-0.3, -0.25) is 14.9 Å². The number of aromatic nitrogens is 3. The van der Waals surface area contributed by atoms with Crippen LogP contribution in [-0.4, -0.2) is 25.5 Å². The molecule has 0 saturated heterocycles. The van der Waals surface area contributed by atoms with Crippen molar-refractivity contribution in [1.82, 2.24) is 14.8 Å². The third kappa shape index (κ3) is 3.62. The Labute approximate surface area is 156 Å². The molecule has 2 aromatic carbocycles. The molecule has 0 saturated carbocycles. The Morgan fingerprint density at radius 2 is 1.93 bits per heavy atom. The van der Waals surface area contributed by atoms with Crippen LogP contribution in [0.1, 0.15) is 39.5 Å². The molecule has 0 spiro atoms. The molecule has 0 atom stereocenters. The van der Waals surface area contributed by atoms with Gasteiger partial charge in [-0.25, -0.2) is 9.67 Å². The van der Waals surface area contributed by atoms with Gasteiger partial charge >= 0.3 is 0 Å². The zero-order valence-electron chi connectivity index (χ0n) is 15.7. The first-order chi connectivity index (χ1) is 12.8. The van der Waals surface area contributed by atoms with E-state index in [4.69, 9.17) is 0 Å². The Kier molecular flexibility index (Phi) is 4.85. The Hall–Kier alpha value is -3.35. The van der Waals surface area contributed by atoms with E-state index in [-0.39, 0.29) is 11.5 Å². The number of carbonyl (C=O) groups excluding carboxylic acids is 1. The molecule has 3 rings (SSSR count). The molecule has 3 aromatic rings. The van der Waals surface area contributed by atoms with Gasteiger partial charge < -0.3 is 0 Å². The van der Waals surface area contributed by atoms with Gasteiger partial charge in [-0.1, -0.05) is 18.2 Å². The predicted octanol–water partition coefficient (Wildman–Crippen LogP) is 4.03. The maximum absolute atomic E-state index is 12.0. The number of carbonyl (C=O) groups is 1. The lowest BCUT2D eigenvalue weighted by molar-refractivity contribution is -0.384. The first-order valence-electron chi connectivity index (χ1n) is 8.52. The molecule has 0 fully saturated rings. The lowest BCUT2D eigenvalue weighted by atomic mass is 9.91. The summed E-state index contributed by atoms with van der Waals surface area (Å²) in [5.74, 6) is 0.468. The summed E-state index contributed by atoms with van der Waals surface area (Å²) in [4.78, 5) is 26.8. The highest BCUT2D eigenvalue weighted by molar-refractivity contribution is 5.97. The van der Waals surface area contributed by atoms with Crippen molar-refractivity contribution in [3.63, 3.8) is 0 Å². The van der Waals surface area contributed by atoms with Crippen LogP contribution in [0.15, 0.2) is 36.7 Å². The maximum Gasteiger partial charge on any atom is 0.270 e. The molecule has 138 valence electrons. The van der Waals surface area contributed by atoms with Gasteiger partial charge in [0.15, 0.2) is 11.6 Å². The Morgan fingerprint density at radius 3 is 2.59 bits per heavy atom. The average molecular weight is 364 g/mol. The van der Waals surface area contributed by atoms with Crippen LogP contribution in [-0.2, 0) is 6.54 Å². The van der Waals surface area contributed by atoms with Crippen molar-refractivity contribution in [1.29, 1.82) is 0 Å². The van der Waals surface area contributed by atoms with Gasteiger partial charge in [-0.2, -0.15) is 5.10 Å². The van der Waals surface area contributed by atoms with E-state index in [9.17, 15) is 14.9 Å². The van der Waals surface area contributed by atoms with E-state index in [1.165, 1.54) is 12.1 Å². The Balaban J connectivity index is 1.95. The predicted molar refractivity (Wildman–Crippen MR) is 102 cm³/mol. The molecule has 0 aliphatic rings. The van der Waals surface area contributed by atoms with Crippen LogP contribution in [0.25, 0.3) is 11.4 Å². The van der Waals surface area contributed by atoms with Crippen molar-refractivity contribution < 1.29 is 9.72 Å². The van der Waals surface area contributed by atoms with Gasteiger partial charge in [0.2, 0.25) is 0 Å². The number of nitro benzene ring substituents is 1. The summed E-state index contributed by atoms with van der Waals surface area (Å²) < 4.78 is 1.68. The van der Waals surface area contributed by atoms with Crippen molar-refractivity contribution >= 4 is 11.5 Å². The van der Waals surface area contributed by atoms with E-state index in [1.54, 1.807) is 30.1 Å². The van der Waals surface area contributed by atoms with Crippen molar-refractivity contribution in [2.24, 2.45) is 0 Å². The first kappa shape index (κ1) is 18.4. The quantitative estimate of drug-likeness (QED) is 0.387. The fourth-order valence-corrected chi connectivity index (χ4v) is 3.44. The molecule has 0 radical (unpaired) electrons. The molecule has 0 aliphatic carbocycles. The normalized spacial score (nSPS) is 10.8. The van der Waals surface area contributed by atoms with E-state index in [0.717, 1.165) is 27.8 Å². The van der Waals surface area contributed by atoms with Crippen LogP contribution in [0.3, 0.4) is 0 Å². The Morgan fingerprint density at radius 1 is 1.19 bits per heavy atom. The molecule has 0 N–H and O–H groups in total. The van der Waals surface area contributed by atoms with Crippen LogP contribution in [0, 0.1) is 30.9 Å². The van der Waals surface area contributed by atoms with Crippen LogP contribution < -0.4 is 0 Å². The maximum atomic E-state index is 12.0. The summed E-state index contributed by atoms with van der Waals surface area (Å²) in [5.41, 5.74) is 5.37. The molecule has 27 heavy (non-hydrogen) atoms. The number of nitrogens with zero attached hydrogens (tertiary/aromatic N) is 4. The molecule has 1 heterocycles. The smallest absolute Gasteiger partial charge is 0.270 e. The SMILES string of the molecule is CC(=O)c1c(C)cc(C)c(Cn2cnc(-c3cccc([N+](=O)[O-])c3)n2)c1C. The fraction of sp³-hybridized carbons (Fsp3) is 0.250. The molecule has 7 nitrogen and oxygen atoms in total. The van der Waals surface area contributed by atoms with Gasteiger partial charge in [-0.05, 0) is 49.9 Å². The van der Waals surface area contributed by atoms with Crippen molar-refractivity contribution in [3.05, 3.63) is 74.6 Å². The van der Waals surface area contributed by atoms with Gasteiger partial charge in [-0.15, -0.1) is 0 Å². The van der Waals surface area contributed by atoms with E-state index in [0.29, 0.717) is 17.9 Å². The van der Waals surface area contributed by atoms with Crippen LogP contribution in [0.4, 0.5) is 5.69 Å². The van der Waals surface area contributed by atoms with Gasteiger partial charge in [0.25, 0.3) is 5.69 Å². The van der Waals surface area contributed by atoms with Crippen LogP contribution in [0.2, 0.25) is 0 Å². The molecule has 0 unspecified atom stereocenters. The summed E-state index contributed by atoms with van der Waals surface area (Å²) in [6.07, 6.45) is 1.60. The summed E-state index contributed by atoms with van der Waals surface area (Å²) in [6.45, 7) is 7.95. The summed E-state index contributed by atoms with van der Waals surface area (Å²) >= 11 is 0. The molecular formula is C20H20N4O3. The minimum Gasteiger partial charge on any atom is -0.294 e. The van der Waals surface area contributed by atoms with Crippen LogP contribution >= 0.6 is 0 Å². The fourth-order valence-electron chi connectivity index (χ4n) is 3.44. The second-order valence-corrected chi connectivity index (χ2v) is 6.62. The number of non-ortho nitro benzene ring substituents is 1. The monoisotopic (exact) mass is 364 g/mol. The molecule has 1 aromatic heterocycles. The Bertz CT molecular complexity index is 1050. The molecular weight excluding hydrogens is 344 g/mol. The summed E-state index contributed by atoms with van der Waals surface area (Å²) in [5, 5.41) is 15.4. The minimum atomic E-state index is -0.442. The number of hydrogen-bond donors (Lipinski definition) is 0. The highest BCUT2D eigenvalue weighted by Crippen LogP contribution is 2.25. The number of nitro groups is 1. The van der Waals surface area contributed by atoms with Crippen LogP contribution in [0.5, 0.6) is 0 Å². The lowest BCUT2D eigenvalue weighted by Crippen LogP contribution is -2.10. The van der Waals surface area contributed by atoms with Crippen molar-refractivity contribution in [2.75, 3.05) is 0 Å². The van der Waals surface area contributed by atoms with Gasteiger partial charge in [0.1, 0.15) is 6.33 Å². The standard InChI is InChI=1S/C20H20N4O3/c1-12-8-13(2)19(15(4)25)14(3)18(12)10-23-11-21-20(22-23)16-6-5-7-17(9-16)24(26)27/h5-9,11H,10H2,1-4H3.